The summed E-state index contributed by atoms with van der Waals surface area (Å²) in [7, 11) is 0. The Hall–Kier alpha value is -4.88. The average molecular weight is 479 g/mol. The van der Waals surface area contributed by atoms with Gasteiger partial charge in [0.15, 0.2) is 0 Å². The quantitative estimate of drug-likeness (QED) is 0.289. The normalized spacial score (nSPS) is 9.73. The molecule has 1 N–H and O–H groups in total. The molecule has 0 saturated heterocycles. The van der Waals surface area contributed by atoms with E-state index in [2.05, 4.69) is 42.5 Å². The lowest BCUT2D eigenvalue weighted by atomic mass is 9.97. The second kappa shape index (κ2) is 13.9. The van der Waals surface area contributed by atoms with Crippen LogP contribution in [0.15, 0.2) is 176 Å². The standard InChI is InChI=1S/C36H30O/c37-35-29-21-13-12-17-25-31-24-16-7-2-4-10-19-27-33(31)36(35)34-28-20-11-5-8-15-23-30-22-14-6-1-3-9-18-26-32(30)34/h1-29,37H. The Labute approximate surface area is 219 Å². The van der Waals surface area contributed by atoms with E-state index < -0.39 is 0 Å². The Morgan fingerprint density at radius 2 is 0.622 bits per heavy atom. The van der Waals surface area contributed by atoms with Gasteiger partial charge in [0.2, 0.25) is 0 Å². The van der Waals surface area contributed by atoms with Gasteiger partial charge in [-0.25, -0.2) is 0 Å². The van der Waals surface area contributed by atoms with Gasteiger partial charge in [-0.05, 0) is 33.2 Å². The van der Waals surface area contributed by atoms with Crippen LogP contribution >= 0.6 is 0 Å². The van der Waals surface area contributed by atoms with Crippen LogP contribution in [0.4, 0.5) is 0 Å². The summed E-state index contributed by atoms with van der Waals surface area (Å²) in [6.07, 6.45) is 0. The molecule has 0 radical (unpaired) electrons. The van der Waals surface area contributed by atoms with Crippen LogP contribution in [0.1, 0.15) is 0 Å². The predicted molar refractivity (Wildman–Crippen MR) is 159 cm³/mol. The van der Waals surface area contributed by atoms with Crippen LogP contribution in [-0.2, 0) is 0 Å². The van der Waals surface area contributed by atoms with Crippen LogP contribution < -0.4 is 0 Å². The number of fused-ring (bicyclic) bond motifs is 2. The van der Waals surface area contributed by atoms with E-state index in [4.69, 9.17) is 0 Å². The van der Waals surface area contributed by atoms with Gasteiger partial charge in [-0.1, -0.05) is 170 Å². The first-order chi connectivity index (χ1) is 18.3. The maximum atomic E-state index is 11.6. The molecule has 0 heterocycles. The summed E-state index contributed by atoms with van der Waals surface area (Å²) >= 11 is 0. The molecule has 4 rings (SSSR count). The molecule has 0 atom stereocenters. The van der Waals surface area contributed by atoms with Gasteiger partial charge in [0.05, 0.1) is 0 Å². The summed E-state index contributed by atoms with van der Waals surface area (Å²) in [5.41, 5.74) is 1.65. The summed E-state index contributed by atoms with van der Waals surface area (Å²) < 4.78 is 0. The second-order valence-electron chi connectivity index (χ2n) is 8.29. The Balaban J connectivity index is 2.38. The molecule has 0 aromatic heterocycles. The molecule has 0 amide bonds. The molecule has 4 aromatic rings. The lowest BCUT2D eigenvalue weighted by Crippen LogP contribution is -1.81. The maximum Gasteiger partial charge on any atom is 0.124 e. The van der Waals surface area contributed by atoms with Crippen LogP contribution in [0.25, 0.3) is 32.7 Å². The molecule has 1 heteroatoms. The van der Waals surface area contributed by atoms with Crippen molar-refractivity contribution >= 4 is 21.5 Å². The van der Waals surface area contributed by atoms with Crippen molar-refractivity contribution in [2.75, 3.05) is 0 Å². The van der Waals surface area contributed by atoms with Crippen molar-refractivity contribution in [1.82, 2.24) is 0 Å². The van der Waals surface area contributed by atoms with Crippen LogP contribution in [0.3, 0.4) is 0 Å². The first kappa shape index (κ1) is 25.2. The highest BCUT2D eigenvalue weighted by atomic mass is 16.3. The molecule has 0 aliphatic rings. The first-order valence-corrected chi connectivity index (χ1v) is 12.4. The first-order valence-electron chi connectivity index (χ1n) is 12.4. The molecule has 0 fully saturated rings. The Bertz CT molecular complexity index is 1570. The lowest BCUT2D eigenvalue weighted by Gasteiger charge is -2.08. The Morgan fingerprint density at radius 1 is 0.297 bits per heavy atom. The highest BCUT2D eigenvalue weighted by Crippen LogP contribution is 2.36. The summed E-state index contributed by atoms with van der Waals surface area (Å²) in [5.74, 6) is 0.190. The van der Waals surface area contributed by atoms with Gasteiger partial charge < -0.3 is 5.11 Å². The minimum atomic E-state index is 0.190. The van der Waals surface area contributed by atoms with Gasteiger partial charge in [-0.2, -0.15) is 0 Å². The molecule has 4 aromatic carbocycles. The minimum Gasteiger partial charge on any atom is -0.507 e. The monoisotopic (exact) mass is 478 g/mol. The molecule has 180 valence electrons. The smallest absolute Gasteiger partial charge is 0.124 e. The number of aromatic hydroxyl groups is 1. The Kier molecular flexibility index (Phi) is 9.45. The fourth-order valence-electron chi connectivity index (χ4n) is 4.02. The molecule has 0 unspecified atom stereocenters. The fourth-order valence-corrected chi connectivity index (χ4v) is 4.02. The van der Waals surface area contributed by atoms with Crippen LogP contribution in [0, 0.1) is 0 Å². The summed E-state index contributed by atoms with van der Waals surface area (Å²) in [5, 5.41) is 15.5. The molecule has 0 bridgehead atoms. The predicted octanol–water partition coefficient (Wildman–Crippen LogP) is 9.86. The van der Waals surface area contributed by atoms with E-state index in [-0.39, 0.29) is 5.75 Å². The third-order valence-electron chi connectivity index (χ3n) is 5.74. The van der Waals surface area contributed by atoms with E-state index >= 15 is 0 Å². The van der Waals surface area contributed by atoms with E-state index in [1.54, 1.807) is 6.07 Å². The van der Waals surface area contributed by atoms with Crippen molar-refractivity contribution in [3.63, 3.8) is 0 Å². The highest BCUT2D eigenvalue weighted by molar-refractivity contribution is 6.05. The zero-order valence-electron chi connectivity index (χ0n) is 20.7. The molecule has 0 saturated carbocycles. The molecular formula is C36H30O. The van der Waals surface area contributed by atoms with Crippen molar-refractivity contribution < 1.29 is 5.11 Å². The lowest BCUT2D eigenvalue weighted by molar-refractivity contribution is 0.478. The van der Waals surface area contributed by atoms with Crippen molar-refractivity contribution in [3.8, 4) is 16.9 Å². The van der Waals surface area contributed by atoms with E-state index in [9.17, 15) is 5.11 Å². The molecule has 0 aliphatic carbocycles. The van der Waals surface area contributed by atoms with E-state index in [0.717, 1.165) is 32.7 Å². The van der Waals surface area contributed by atoms with Gasteiger partial charge in [-0.3, -0.25) is 0 Å². The van der Waals surface area contributed by atoms with Crippen molar-refractivity contribution in [3.05, 3.63) is 176 Å². The van der Waals surface area contributed by atoms with E-state index in [1.165, 1.54) is 0 Å². The molecule has 1 nitrogen and oxygen atoms in total. The molecular weight excluding hydrogens is 448 g/mol. The van der Waals surface area contributed by atoms with E-state index in [1.807, 2.05) is 127 Å². The third-order valence-corrected chi connectivity index (χ3v) is 5.74. The van der Waals surface area contributed by atoms with Gasteiger partial charge >= 0.3 is 0 Å². The van der Waals surface area contributed by atoms with Crippen LogP contribution in [0.2, 0.25) is 0 Å². The van der Waals surface area contributed by atoms with Crippen molar-refractivity contribution in [1.29, 1.82) is 0 Å². The topological polar surface area (TPSA) is 20.2 Å². The summed E-state index contributed by atoms with van der Waals surface area (Å²) in [6.45, 7) is 0. The summed E-state index contributed by atoms with van der Waals surface area (Å²) in [6, 6.07) is 58.3. The zero-order chi connectivity index (χ0) is 25.5. The fraction of sp³-hybridized carbons (Fsp3) is 0. The number of hydrogen-bond acceptors (Lipinski definition) is 1. The summed E-state index contributed by atoms with van der Waals surface area (Å²) in [4.78, 5) is 0. The highest BCUT2D eigenvalue weighted by Gasteiger charge is 2.08. The van der Waals surface area contributed by atoms with Gasteiger partial charge in [0.25, 0.3) is 0 Å². The largest absolute Gasteiger partial charge is 0.507 e. The second-order valence-corrected chi connectivity index (χ2v) is 8.29. The maximum absolute atomic E-state index is 11.6. The van der Waals surface area contributed by atoms with Crippen LogP contribution in [-0.4, -0.2) is 5.11 Å². The minimum absolute atomic E-state index is 0.190. The number of hydrogen-bond donors (Lipinski definition) is 1. The molecule has 0 aliphatic heterocycles. The SMILES string of the molecule is Oc1ccccccc2ccccccccc2c1-c1cccccccc2ccccccccc12. The van der Waals surface area contributed by atoms with Crippen LogP contribution in [0.5, 0.6) is 5.75 Å². The molecule has 0 spiro atoms. The van der Waals surface area contributed by atoms with Gasteiger partial charge in [0.1, 0.15) is 5.75 Å². The average Bonchev–Trinajstić information content (AvgIpc) is 2.91. The van der Waals surface area contributed by atoms with Crippen molar-refractivity contribution in [2.45, 2.75) is 0 Å². The van der Waals surface area contributed by atoms with Gasteiger partial charge in [0, 0.05) is 5.56 Å². The zero-order valence-corrected chi connectivity index (χ0v) is 20.7. The number of rotatable bonds is 1. The Morgan fingerprint density at radius 3 is 1.11 bits per heavy atom. The van der Waals surface area contributed by atoms with E-state index in [0.29, 0.717) is 0 Å². The third kappa shape index (κ3) is 7.30. The van der Waals surface area contributed by atoms with Gasteiger partial charge in [-0.15, -0.1) is 0 Å². The van der Waals surface area contributed by atoms with Crippen molar-refractivity contribution in [2.24, 2.45) is 0 Å². The molecule has 37 heavy (non-hydrogen) atoms.